The van der Waals surface area contributed by atoms with Gasteiger partial charge in [-0.1, -0.05) is 30.3 Å². The van der Waals surface area contributed by atoms with Gasteiger partial charge in [-0.15, -0.1) is 0 Å². The molecule has 0 bridgehead atoms. The number of carboxylic acids is 1. The molecule has 0 saturated heterocycles. The van der Waals surface area contributed by atoms with Crippen molar-refractivity contribution >= 4 is 17.6 Å². The maximum absolute atomic E-state index is 12.0. The van der Waals surface area contributed by atoms with Crippen molar-refractivity contribution in [2.75, 3.05) is 12.4 Å². The summed E-state index contributed by atoms with van der Waals surface area (Å²) in [6, 6.07) is 13.7. The van der Waals surface area contributed by atoms with Gasteiger partial charge in [-0.05, 0) is 23.8 Å². The number of carbonyl (C=O) groups is 2. The summed E-state index contributed by atoms with van der Waals surface area (Å²) >= 11 is 0. The SMILES string of the molecule is COc1ccc(NC(=O)Cc2ccccc2)c(C(=O)O)c1. The fraction of sp³-hybridized carbons (Fsp3) is 0.125. The second kappa shape index (κ2) is 6.56. The van der Waals surface area contributed by atoms with E-state index in [1.807, 2.05) is 30.3 Å². The predicted molar refractivity (Wildman–Crippen MR) is 78.7 cm³/mol. The number of methoxy groups -OCH3 is 1. The van der Waals surface area contributed by atoms with Gasteiger partial charge in [-0.2, -0.15) is 0 Å². The van der Waals surface area contributed by atoms with Gasteiger partial charge in [-0.3, -0.25) is 4.79 Å². The average molecular weight is 285 g/mol. The molecule has 0 radical (unpaired) electrons. The molecule has 0 aliphatic carbocycles. The van der Waals surface area contributed by atoms with Gasteiger partial charge >= 0.3 is 5.97 Å². The Labute approximate surface area is 122 Å². The number of amides is 1. The Kier molecular flexibility index (Phi) is 4.56. The highest BCUT2D eigenvalue weighted by Crippen LogP contribution is 2.22. The lowest BCUT2D eigenvalue weighted by Gasteiger charge is -2.10. The highest BCUT2D eigenvalue weighted by molar-refractivity contribution is 6.01. The molecule has 0 aromatic heterocycles. The second-order valence-corrected chi connectivity index (χ2v) is 4.43. The summed E-state index contributed by atoms with van der Waals surface area (Å²) < 4.78 is 4.98. The molecule has 0 spiro atoms. The zero-order chi connectivity index (χ0) is 15.2. The van der Waals surface area contributed by atoms with Gasteiger partial charge in [0.2, 0.25) is 5.91 Å². The lowest BCUT2D eigenvalue weighted by Crippen LogP contribution is -2.16. The Morgan fingerprint density at radius 3 is 2.48 bits per heavy atom. The molecule has 0 aliphatic rings. The average Bonchev–Trinajstić information content (AvgIpc) is 2.48. The van der Waals surface area contributed by atoms with Crippen molar-refractivity contribution in [2.24, 2.45) is 0 Å². The van der Waals surface area contributed by atoms with Crippen LogP contribution in [0, 0.1) is 0 Å². The Bertz CT molecular complexity index is 653. The van der Waals surface area contributed by atoms with Crippen molar-refractivity contribution in [3.8, 4) is 5.75 Å². The van der Waals surface area contributed by atoms with Crippen molar-refractivity contribution in [3.05, 3.63) is 59.7 Å². The van der Waals surface area contributed by atoms with E-state index in [4.69, 9.17) is 4.74 Å². The molecule has 5 nitrogen and oxygen atoms in total. The zero-order valence-electron chi connectivity index (χ0n) is 11.5. The molecule has 2 aromatic rings. The second-order valence-electron chi connectivity index (χ2n) is 4.43. The lowest BCUT2D eigenvalue weighted by atomic mass is 10.1. The molecular weight excluding hydrogens is 270 g/mol. The van der Waals surface area contributed by atoms with E-state index >= 15 is 0 Å². The van der Waals surface area contributed by atoms with Crippen molar-refractivity contribution < 1.29 is 19.4 Å². The molecule has 2 rings (SSSR count). The van der Waals surface area contributed by atoms with E-state index in [-0.39, 0.29) is 23.6 Å². The van der Waals surface area contributed by atoms with Crippen LogP contribution in [0.1, 0.15) is 15.9 Å². The quantitative estimate of drug-likeness (QED) is 0.885. The molecule has 0 saturated carbocycles. The van der Waals surface area contributed by atoms with Gasteiger partial charge in [0.25, 0.3) is 0 Å². The molecule has 0 atom stereocenters. The molecule has 21 heavy (non-hydrogen) atoms. The lowest BCUT2D eigenvalue weighted by molar-refractivity contribution is -0.115. The monoisotopic (exact) mass is 285 g/mol. The molecule has 2 N–H and O–H groups in total. The first kappa shape index (κ1) is 14.6. The predicted octanol–water partition coefficient (Wildman–Crippen LogP) is 2.57. The van der Waals surface area contributed by atoms with Crippen LogP contribution < -0.4 is 10.1 Å². The van der Waals surface area contributed by atoms with Gasteiger partial charge < -0.3 is 15.2 Å². The van der Waals surface area contributed by atoms with Crippen LogP contribution >= 0.6 is 0 Å². The van der Waals surface area contributed by atoms with E-state index in [0.29, 0.717) is 5.75 Å². The maximum Gasteiger partial charge on any atom is 0.337 e. The number of carboxylic acid groups (broad SMARTS) is 1. The first-order valence-corrected chi connectivity index (χ1v) is 6.35. The number of carbonyl (C=O) groups excluding carboxylic acids is 1. The summed E-state index contributed by atoms with van der Waals surface area (Å²) in [5, 5.41) is 11.8. The topological polar surface area (TPSA) is 75.6 Å². The summed E-state index contributed by atoms with van der Waals surface area (Å²) in [6.07, 6.45) is 0.186. The number of hydrogen-bond donors (Lipinski definition) is 2. The van der Waals surface area contributed by atoms with Gasteiger partial charge in [-0.25, -0.2) is 4.79 Å². The van der Waals surface area contributed by atoms with Crippen LogP contribution in [0.5, 0.6) is 5.75 Å². The van der Waals surface area contributed by atoms with Crippen molar-refractivity contribution in [3.63, 3.8) is 0 Å². The first-order valence-electron chi connectivity index (χ1n) is 6.35. The van der Waals surface area contributed by atoms with Crippen LogP contribution in [0.3, 0.4) is 0 Å². The molecule has 1 amide bonds. The van der Waals surface area contributed by atoms with Crippen LogP contribution in [-0.2, 0) is 11.2 Å². The van der Waals surface area contributed by atoms with Crippen LogP contribution in [0.15, 0.2) is 48.5 Å². The number of rotatable bonds is 5. The minimum atomic E-state index is -1.12. The summed E-state index contributed by atoms with van der Waals surface area (Å²) in [4.78, 5) is 23.2. The van der Waals surface area contributed by atoms with Gasteiger partial charge in [0.1, 0.15) is 5.75 Å². The van der Waals surface area contributed by atoms with E-state index < -0.39 is 5.97 Å². The number of nitrogens with one attached hydrogen (secondary N) is 1. The van der Waals surface area contributed by atoms with Crippen molar-refractivity contribution in [1.82, 2.24) is 0 Å². The van der Waals surface area contributed by atoms with Crippen LogP contribution in [0.4, 0.5) is 5.69 Å². The summed E-state index contributed by atoms with van der Waals surface area (Å²) in [6.45, 7) is 0. The van der Waals surface area contributed by atoms with Gasteiger partial charge in [0.15, 0.2) is 0 Å². The molecular formula is C16H15NO4. The van der Waals surface area contributed by atoms with Gasteiger partial charge in [0.05, 0.1) is 24.8 Å². The normalized spacial score (nSPS) is 9.95. The van der Waals surface area contributed by atoms with E-state index in [1.54, 1.807) is 6.07 Å². The standard InChI is InChI=1S/C16H15NO4/c1-21-12-7-8-14(13(10-12)16(19)20)17-15(18)9-11-5-3-2-4-6-11/h2-8,10H,9H2,1H3,(H,17,18)(H,19,20). The van der Waals surface area contributed by atoms with E-state index in [0.717, 1.165) is 5.56 Å². The number of aromatic carboxylic acids is 1. The first-order chi connectivity index (χ1) is 10.1. The summed E-state index contributed by atoms with van der Waals surface area (Å²) in [7, 11) is 1.45. The van der Waals surface area contributed by atoms with E-state index in [9.17, 15) is 14.7 Å². The highest BCUT2D eigenvalue weighted by atomic mass is 16.5. The fourth-order valence-electron chi connectivity index (χ4n) is 1.91. The third kappa shape index (κ3) is 3.82. The highest BCUT2D eigenvalue weighted by Gasteiger charge is 2.14. The minimum absolute atomic E-state index is 0.00392. The third-order valence-corrected chi connectivity index (χ3v) is 2.94. The molecule has 108 valence electrons. The minimum Gasteiger partial charge on any atom is -0.497 e. The Balaban J connectivity index is 2.15. The van der Waals surface area contributed by atoms with E-state index in [2.05, 4.69) is 5.32 Å². The molecule has 0 unspecified atom stereocenters. The van der Waals surface area contributed by atoms with Crippen LogP contribution in [0.25, 0.3) is 0 Å². The smallest absolute Gasteiger partial charge is 0.337 e. The molecule has 2 aromatic carbocycles. The zero-order valence-corrected chi connectivity index (χ0v) is 11.5. The number of ether oxygens (including phenoxy) is 1. The Hall–Kier alpha value is -2.82. The molecule has 0 aliphatic heterocycles. The van der Waals surface area contributed by atoms with Crippen LogP contribution in [0.2, 0.25) is 0 Å². The fourth-order valence-corrected chi connectivity index (χ4v) is 1.91. The maximum atomic E-state index is 12.0. The molecule has 0 fully saturated rings. The Morgan fingerprint density at radius 2 is 1.86 bits per heavy atom. The van der Waals surface area contributed by atoms with Crippen molar-refractivity contribution in [2.45, 2.75) is 6.42 Å². The number of anilines is 1. The number of benzene rings is 2. The van der Waals surface area contributed by atoms with E-state index in [1.165, 1.54) is 19.2 Å². The largest absolute Gasteiger partial charge is 0.497 e. The third-order valence-electron chi connectivity index (χ3n) is 2.94. The summed E-state index contributed by atoms with van der Waals surface area (Å²) in [5.74, 6) is -0.966. The van der Waals surface area contributed by atoms with Gasteiger partial charge in [0, 0.05) is 0 Å². The Morgan fingerprint density at radius 1 is 1.14 bits per heavy atom. The molecule has 5 heteroatoms. The van der Waals surface area contributed by atoms with Crippen molar-refractivity contribution in [1.29, 1.82) is 0 Å². The number of hydrogen-bond acceptors (Lipinski definition) is 3. The van der Waals surface area contributed by atoms with Crippen LogP contribution in [-0.4, -0.2) is 24.1 Å². The summed E-state index contributed by atoms with van der Waals surface area (Å²) in [5.41, 5.74) is 1.11. The molecule has 0 heterocycles.